The molecule has 5 nitrogen and oxygen atoms in total. The Bertz CT molecular complexity index is 1420. The highest BCUT2D eigenvalue weighted by Crippen LogP contribution is 2.39. The zero-order chi connectivity index (χ0) is 21.8. The SMILES string of the molecule is CCS(=O)(=O)c1cc2cc(Br)ccc2nc1-c1[nH]c2cc(C(F)(F)F)cnc2c1Cl. The molecule has 11 heteroatoms. The second kappa shape index (κ2) is 7.21. The largest absolute Gasteiger partial charge is 0.417 e. The van der Waals surface area contributed by atoms with Crippen molar-refractivity contribution in [2.24, 2.45) is 0 Å². The molecule has 0 bridgehead atoms. The van der Waals surface area contributed by atoms with Crippen LogP contribution in [-0.2, 0) is 16.0 Å². The molecule has 1 N–H and O–H groups in total. The van der Waals surface area contributed by atoms with Crippen LogP contribution in [0.2, 0.25) is 5.02 Å². The number of hydrogen-bond donors (Lipinski definition) is 1. The zero-order valence-corrected chi connectivity index (χ0v) is 18.3. The third-order valence-corrected chi connectivity index (χ3v) is 7.20. The summed E-state index contributed by atoms with van der Waals surface area (Å²) < 4.78 is 65.4. The van der Waals surface area contributed by atoms with E-state index in [-0.39, 0.29) is 38.1 Å². The van der Waals surface area contributed by atoms with Crippen LogP contribution in [-0.4, -0.2) is 29.1 Å². The average Bonchev–Trinajstić information content (AvgIpc) is 3.02. The highest BCUT2D eigenvalue weighted by Gasteiger charge is 2.32. The Labute approximate surface area is 182 Å². The second-order valence-electron chi connectivity index (χ2n) is 6.51. The monoisotopic (exact) mass is 517 g/mol. The van der Waals surface area contributed by atoms with Crippen molar-refractivity contribution in [3.05, 3.63) is 51.6 Å². The normalized spacial score (nSPS) is 12.7. The van der Waals surface area contributed by atoms with Gasteiger partial charge in [0.1, 0.15) is 11.2 Å². The molecule has 1 aromatic carbocycles. The maximum absolute atomic E-state index is 13.0. The van der Waals surface area contributed by atoms with Gasteiger partial charge in [-0.05, 0) is 30.3 Å². The highest BCUT2D eigenvalue weighted by atomic mass is 79.9. The molecule has 0 saturated heterocycles. The van der Waals surface area contributed by atoms with Crippen LogP contribution in [0.25, 0.3) is 33.3 Å². The summed E-state index contributed by atoms with van der Waals surface area (Å²) in [5.74, 6) is -0.185. The first-order valence-electron chi connectivity index (χ1n) is 8.59. The first-order chi connectivity index (χ1) is 14.0. The Hall–Kier alpha value is -2.17. The summed E-state index contributed by atoms with van der Waals surface area (Å²) in [4.78, 5) is 11.0. The first kappa shape index (κ1) is 21.1. The summed E-state index contributed by atoms with van der Waals surface area (Å²) in [6.07, 6.45) is -3.90. The van der Waals surface area contributed by atoms with E-state index < -0.39 is 21.6 Å². The number of rotatable bonds is 3. The van der Waals surface area contributed by atoms with Gasteiger partial charge in [0, 0.05) is 16.1 Å². The van der Waals surface area contributed by atoms with Gasteiger partial charge in [0.05, 0.1) is 38.0 Å². The van der Waals surface area contributed by atoms with Crippen molar-refractivity contribution in [3.8, 4) is 11.4 Å². The van der Waals surface area contributed by atoms with E-state index >= 15 is 0 Å². The summed E-state index contributed by atoms with van der Waals surface area (Å²) >= 11 is 9.72. The summed E-state index contributed by atoms with van der Waals surface area (Å²) in [7, 11) is -3.72. The molecule has 0 aliphatic rings. The Morgan fingerprint density at radius 3 is 2.60 bits per heavy atom. The molecular formula is C19H12BrClF3N3O2S. The van der Waals surface area contributed by atoms with E-state index in [1.807, 2.05) is 0 Å². The lowest BCUT2D eigenvalue weighted by Gasteiger charge is -2.10. The molecule has 0 atom stereocenters. The molecular weight excluding hydrogens is 507 g/mol. The number of hydrogen-bond acceptors (Lipinski definition) is 4. The van der Waals surface area contributed by atoms with Crippen molar-refractivity contribution in [2.45, 2.75) is 18.0 Å². The third-order valence-electron chi connectivity index (χ3n) is 4.60. The predicted molar refractivity (Wildman–Crippen MR) is 112 cm³/mol. The smallest absolute Gasteiger partial charge is 0.351 e. The van der Waals surface area contributed by atoms with Crippen LogP contribution in [0.5, 0.6) is 0 Å². The van der Waals surface area contributed by atoms with Gasteiger partial charge in [0.2, 0.25) is 0 Å². The minimum Gasteiger partial charge on any atom is -0.351 e. The minimum absolute atomic E-state index is 0.00441. The molecule has 3 heterocycles. The molecule has 0 radical (unpaired) electrons. The standard InChI is InChI=1S/C19H12BrClF3N3O2S/c1-2-30(28,29)14-6-9-5-11(20)3-4-12(9)26-17(14)18-15(21)16-13(27-18)7-10(8-25-16)19(22,23)24/h3-8,27H,2H2,1H3. The number of aromatic nitrogens is 3. The molecule has 0 aliphatic heterocycles. The number of H-pyrrole nitrogens is 1. The van der Waals surface area contributed by atoms with Crippen molar-refractivity contribution in [1.29, 1.82) is 0 Å². The average molecular weight is 519 g/mol. The van der Waals surface area contributed by atoms with E-state index in [2.05, 4.69) is 30.9 Å². The summed E-state index contributed by atoms with van der Waals surface area (Å²) in [5.41, 5.74) is -0.197. The Morgan fingerprint density at radius 1 is 1.20 bits per heavy atom. The lowest BCUT2D eigenvalue weighted by Crippen LogP contribution is -2.07. The van der Waals surface area contributed by atoms with Crippen molar-refractivity contribution >= 4 is 59.3 Å². The number of benzene rings is 1. The Morgan fingerprint density at radius 2 is 1.93 bits per heavy atom. The topological polar surface area (TPSA) is 75.7 Å². The highest BCUT2D eigenvalue weighted by molar-refractivity contribution is 9.10. The van der Waals surface area contributed by atoms with E-state index in [1.165, 1.54) is 13.0 Å². The lowest BCUT2D eigenvalue weighted by molar-refractivity contribution is -0.137. The number of sulfone groups is 1. The van der Waals surface area contributed by atoms with Gasteiger partial charge in [-0.2, -0.15) is 13.2 Å². The van der Waals surface area contributed by atoms with Gasteiger partial charge in [-0.15, -0.1) is 0 Å². The van der Waals surface area contributed by atoms with E-state index in [1.54, 1.807) is 18.2 Å². The van der Waals surface area contributed by atoms with E-state index in [0.717, 1.165) is 10.5 Å². The predicted octanol–water partition coefficient (Wildman–Crippen LogP) is 6.01. The van der Waals surface area contributed by atoms with Crippen LogP contribution in [0.15, 0.2) is 45.9 Å². The molecule has 0 aliphatic carbocycles. The summed E-state index contributed by atoms with van der Waals surface area (Å²) in [5, 5.41) is 0.583. The zero-order valence-electron chi connectivity index (χ0n) is 15.2. The van der Waals surface area contributed by atoms with Gasteiger partial charge in [-0.25, -0.2) is 13.4 Å². The third kappa shape index (κ3) is 3.57. The van der Waals surface area contributed by atoms with Crippen LogP contribution < -0.4 is 0 Å². The fourth-order valence-corrected chi connectivity index (χ4v) is 4.79. The van der Waals surface area contributed by atoms with Crippen LogP contribution in [0.1, 0.15) is 12.5 Å². The van der Waals surface area contributed by atoms with E-state index in [9.17, 15) is 21.6 Å². The number of halogens is 5. The Kier molecular flexibility index (Phi) is 5.06. The van der Waals surface area contributed by atoms with E-state index in [0.29, 0.717) is 17.1 Å². The van der Waals surface area contributed by atoms with Gasteiger partial charge in [0.15, 0.2) is 9.84 Å². The molecule has 0 fully saturated rings. The van der Waals surface area contributed by atoms with Crippen LogP contribution in [0.3, 0.4) is 0 Å². The van der Waals surface area contributed by atoms with Crippen molar-refractivity contribution in [2.75, 3.05) is 5.75 Å². The quantitative estimate of drug-likeness (QED) is 0.361. The van der Waals surface area contributed by atoms with Crippen molar-refractivity contribution in [1.82, 2.24) is 15.0 Å². The fourth-order valence-electron chi connectivity index (χ4n) is 3.06. The lowest BCUT2D eigenvalue weighted by atomic mass is 10.2. The number of fused-ring (bicyclic) bond motifs is 2. The molecule has 0 amide bonds. The summed E-state index contributed by atoms with van der Waals surface area (Å²) in [6.45, 7) is 1.49. The maximum atomic E-state index is 13.0. The van der Waals surface area contributed by atoms with Crippen LogP contribution >= 0.6 is 27.5 Å². The van der Waals surface area contributed by atoms with Gasteiger partial charge >= 0.3 is 6.18 Å². The van der Waals surface area contributed by atoms with Gasteiger partial charge < -0.3 is 4.98 Å². The first-order valence-corrected chi connectivity index (χ1v) is 11.4. The second-order valence-corrected chi connectivity index (χ2v) is 10.0. The van der Waals surface area contributed by atoms with Gasteiger partial charge in [-0.1, -0.05) is 34.5 Å². The number of aromatic amines is 1. The molecule has 30 heavy (non-hydrogen) atoms. The number of alkyl halides is 3. The molecule has 4 aromatic rings. The van der Waals surface area contributed by atoms with Gasteiger partial charge in [-0.3, -0.25) is 4.98 Å². The van der Waals surface area contributed by atoms with Crippen LogP contribution in [0, 0.1) is 0 Å². The number of nitrogens with one attached hydrogen (secondary N) is 1. The molecule has 156 valence electrons. The molecule has 4 rings (SSSR count). The van der Waals surface area contributed by atoms with E-state index in [4.69, 9.17) is 11.6 Å². The molecule has 0 saturated carbocycles. The molecule has 3 aromatic heterocycles. The van der Waals surface area contributed by atoms with Crippen molar-refractivity contribution in [3.63, 3.8) is 0 Å². The van der Waals surface area contributed by atoms with Crippen LogP contribution in [0.4, 0.5) is 13.2 Å². The molecule has 0 spiro atoms. The number of nitrogens with zero attached hydrogens (tertiary/aromatic N) is 2. The maximum Gasteiger partial charge on any atom is 0.417 e. The summed E-state index contributed by atoms with van der Waals surface area (Å²) in [6, 6.07) is 7.53. The fraction of sp³-hybridized carbons (Fsp3) is 0.158. The Balaban J connectivity index is 2.05. The van der Waals surface area contributed by atoms with Gasteiger partial charge in [0.25, 0.3) is 0 Å². The number of pyridine rings is 2. The molecule has 0 unspecified atom stereocenters. The minimum atomic E-state index is -4.58. The van der Waals surface area contributed by atoms with Crippen molar-refractivity contribution < 1.29 is 21.6 Å².